The molecule has 1 aromatic carbocycles. The van der Waals surface area contributed by atoms with Crippen molar-refractivity contribution in [2.75, 3.05) is 30.0 Å². The number of amides is 1. The van der Waals surface area contributed by atoms with Crippen LogP contribution in [0.15, 0.2) is 30.5 Å². The maximum absolute atomic E-state index is 12.9. The number of carbonyl (C=O) groups excluding carboxylic acids is 1. The van der Waals surface area contributed by atoms with Gasteiger partial charge in [0.2, 0.25) is 5.91 Å². The third kappa shape index (κ3) is 4.26. The van der Waals surface area contributed by atoms with E-state index in [0.717, 1.165) is 18.7 Å². The van der Waals surface area contributed by atoms with Crippen LogP contribution in [0.1, 0.15) is 24.8 Å². The Morgan fingerprint density at radius 2 is 1.93 bits per heavy atom. The number of nitrogens with one attached hydrogen (secondary N) is 1. The molecule has 2 aromatic rings. The van der Waals surface area contributed by atoms with Crippen molar-refractivity contribution in [2.45, 2.75) is 31.5 Å². The molecule has 1 saturated heterocycles. The van der Waals surface area contributed by atoms with E-state index < -0.39 is 17.8 Å². The molecule has 0 bridgehead atoms. The lowest BCUT2D eigenvalue weighted by Gasteiger charge is -2.26. The van der Waals surface area contributed by atoms with E-state index in [1.807, 2.05) is 0 Å². The van der Waals surface area contributed by atoms with E-state index in [9.17, 15) is 18.0 Å². The number of anilines is 2. The number of ether oxygens (including phenoxy) is 2. The Bertz CT molecular complexity index is 955. The van der Waals surface area contributed by atoms with Crippen molar-refractivity contribution < 1.29 is 27.4 Å². The van der Waals surface area contributed by atoms with Crippen LogP contribution in [0.3, 0.4) is 0 Å². The van der Waals surface area contributed by atoms with Gasteiger partial charge in [0, 0.05) is 30.9 Å². The van der Waals surface area contributed by atoms with Crippen LogP contribution in [0.5, 0.6) is 11.5 Å². The minimum absolute atomic E-state index is 0.139. The summed E-state index contributed by atoms with van der Waals surface area (Å²) >= 11 is 6.07. The second-order valence-corrected chi connectivity index (χ2v) is 7.49. The van der Waals surface area contributed by atoms with E-state index in [-0.39, 0.29) is 16.7 Å². The number of carbonyl (C=O) groups is 1. The normalized spacial score (nSPS) is 18.8. The second kappa shape index (κ2) is 8.22. The average molecular weight is 442 g/mol. The van der Waals surface area contributed by atoms with Gasteiger partial charge in [-0.2, -0.15) is 13.2 Å². The van der Waals surface area contributed by atoms with Crippen LogP contribution in [-0.4, -0.2) is 36.7 Å². The third-order valence-corrected chi connectivity index (χ3v) is 5.27. The van der Waals surface area contributed by atoms with E-state index >= 15 is 0 Å². The number of fused-ring (bicyclic) bond motifs is 1. The number of halogens is 4. The molecule has 0 radical (unpaired) electrons. The van der Waals surface area contributed by atoms with Gasteiger partial charge in [0.25, 0.3) is 0 Å². The highest BCUT2D eigenvalue weighted by atomic mass is 35.5. The molecule has 0 spiro atoms. The molecule has 2 aliphatic heterocycles. The van der Waals surface area contributed by atoms with E-state index in [2.05, 4.69) is 10.3 Å². The van der Waals surface area contributed by atoms with Gasteiger partial charge in [-0.15, -0.1) is 0 Å². The molecule has 10 heteroatoms. The Morgan fingerprint density at radius 1 is 1.17 bits per heavy atom. The molecule has 1 amide bonds. The van der Waals surface area contributed by atoms with Gasteiger partial charge in [0.05, 0.1) is 23.8 Å². The summed E-state index contributed by atoms with van der Waals surface area (Å²) < 4.78 is 49.8. The fourth-order valence-corrected chi connectivity index (χ4v) is 3.83. The van der Waals surface area contributed by atoms with Crippen LogP contribution in [0.25, 0.3) is 0 Å². The molecule has 2 aliphatic rings. The molecule has 1 atom stereocenters. The molecule has 1 fully saturated rings. The fourth-order valence-electron chi connectivity index (χ4n) is 3.56. The fraction of sp³-hybridized carbons (Fsp3) is 0.400. The van der Waals surface area contributed by atoms with E-state index in [1.54, 1.807) is 23.1 Å². The van der Waals surface area contributed by atoms with Crippen LogP contribution in [0.2, 0.25) is 5.02 Å². The lowest BCUT2D eigenvalue weighted by Crippen LogP contribution is -2.40. The number of alkyl halides is 3. The quantitative estimate of drug-likeness (QED) is 0.758. The molecule has 1 N–H and O–H groups in total. The summed E-state index contributed by atoms with van der Waals surface area (Å²) in [6, 6.07) is 5.38. The molecule has 0 aliphatic carbocycles. The highest BCUT2D eigenvalue weighted by Crippen LogP contribution is 2.36. The van der Waals surface area contributed by atoms with E-state index in [1.165, 1.54) is 0 Å². The number of benzene rings is 1. The summed E-state index contributed by atoms with van der Waals surface area (Å²) in [4.78, 5) is 18.4. The molecule has 3 heterocycles. The zero-order valence-corrected chi connectivity index (χ0v) is 16.6. The number of hydrogen-bond acceptors (Lipinski definition) is 5. The Kier molecular flexibility index (Phi) is 5.64. The number of pyridine rings is 1. The van der Waals surface area contributed by atoms with Crippen LogP contribution in [-0.2, 0) is 11.0 Å². The molecule has 160 valence electrons. The number of hydrogen-bond donors (Lipinski definition) is 1. The van der Waals surface area contributed by atoms with Crippen LogP contribution in [0, 0.1) is 0 Å². The average Bonchev–Trinajstić information content (AvgIpc) is 3.06. The summed E-state index contributed by atoms with van der Waals surface area (Å²) in [6.45, 7) is 1.56. The Balaban J connectivity index is 1.51. The van der Waals surface area contributed by atoms with Crippen LogP contribution < -0.4 is 19.7 Å². The summed E-state index contributed by atoms with van der Waals surface area (Å²) in [5.41, 5.74) is -0.383. The van der Waals surface area contributed by atoms with Gasteiger partial charge in [-0.1, -0.05) is 11.6 Å². The second-order valence-electron chi connectivity index (χ2n) is 7.08. The number of nitrogens with zero attached hydrogens (tertiary/aromatic N) is 2. The molecular weight excluding hydrogens is 423 g/mol. The predicted octanol–water partition coefficient (Wildman–Crippen LogP) is 4.52. The largest absolute Gasteiger partial charge is 0.490 e. The van der Waals surface area contributed by atoms with Crippen molar-refractivity contribution in [1.82, 2.24) is 4.98 Å². The first-order valence-corrected chi connectivity index (χ1v) is 9.90. The Morgan fingerprint density at radius 3 is 2.67 bits per heavy atom. The van der Waals surface area contributed by atoms with Gasteiger partial charge in [-0.05, 0) is 31.0 Å². The van der Waals surface area contributed by atoms with Crippen molar-refractivity contribution in [3.8, 4) is 11.5 Å². The maximum Gasteiger partial charge on any atom is 0.417 e. The highest BCUT2D eigenvalue weighted by molar-refractivity contribution is 6.33. The van der Waals surface area contributed by atoms with Crippen molar-refractivity contribution in [3.05, 3.63) is 41.0 Å². The molecule has 1 aromatic heterocycles. The number of rotatable bonds is 3. The summed E-state index contributed by atoms with van der Waals surface area (Å²) in [5, 5.41) is 2.70. The summed E-state index contributed by atoms with van der Waals surface area (Å²) in [6.07, 6.45) is -1.80. The minimum atomic E-state index is -4.53. The van der Waals surface area contributed by atoms with E-state index in [4.69, 9.17) is 21.1 Å². The smallest absolute Gasteiger partial charge is 0.417 e. The Labute approximate surface area is 175 Å². The van der Waals surface area contributed by atoms with Gasteiger partial charge in [-0.25, -0.2) is 4.98 Å². The molecule has 30 heavy (non-hydrogen) atoms. The monoisotopic (exact) mass is 441 g/mol. The van der Waals surface area contributed by atoms with Gasteiger partial charge >= 0.3 is 6.18 Å². The van der Waals surface area contributed by atoms with Crippen molar-refractivity contribution in [3.63, 3.8) is 0 Å². The zero-order valence-electron chi connectivity index (χ0n) is 15.8. The molecule has 6 nitrogen and oxygen atoms in total. The van der Waals surface area contributed by atoms with Crippen molar-refractivity contribution in [1.29, 1.82) is 0 Å². The van der Waals surface area contributed by atoms with Gasteiger partial charge < -0.3 is 19.7 Å². The van der Waals surface area contributed by atoms with Gasteiger partial charge in [0.1, 0.15) is 11.9 Å². The van der Waals surface area contributed by atoms with Crippen molar-refractivity contribution in [2.24, 2.45) is 0 Å². The molecule has 4 rings (SSSR count). The summed E-state index contributed by atoms with van der Waals surface area (Å²) in [5.74, 6) is 1.05. The van der Waals surface area contributed by atoms with Gasteiger partial charge in [-0.3, -0.25) is 4.79 Å². The SMILES string of the molecule is O=C(Nc1ccc2c(c1)OCCCO2)[C@H]1CCCN1c1ncc(C(F)(F)F)cc1Cl. The maximum atomic E-state index is 12.9. The first-order chi connectivity index (χ1) is 14.3. The molecule has 0 saturated carbocycles. The lowest BCUT2D eigenvalue weighted by atomic mass is 10.2. The molecule has 0 unspecified atom stereocenters. The topological polar surface area (TPSA) is 63.7 Å². The van der Waals surface area contributed by atoms with Crippen LogP contribution >= 0.6 is 11.6 Å². The molecular formula is C20H19ClF3N3O3. The zero-order chi connectivity index (χ0) is 21.3. The Hall–Kier alpha value is -2.68. The van der Waals surface area contributed by atoms with Crippen LogP contribution in [0.4, 0.5) is 24.7 Å². The van der Waals surface area contributed by atoms with Crippen molar-refractivity contribution >= 4 is 29.0 Å². The minimum Gasteiger partial charge on any atom is -0.490 e. The number of aromatic nitrogens is 1. The lowest BCUT2D eigenvalue weighted by molar-refractivity contribution is -0.137. The standard InChI is InChI=1S/C20H19ClF3N3O3/c21-14-9-12(20(22,23)24)11-25-18(14)27-6-1-3-15(27)19(28)26-13-4-5-16-17(10-13)30-8-2-7-29-16/h4-5,9-11,15H,1-3,6-8H2,(H,26,28)/t15-/m1/s1. The predicted molar refractivity (Wildman–Crippen MR) is 105 cm³/mol. The summed E-state index contributed by atoms with van der Waals surface area (Å²) in [7, 11) is 0. The first-order valence-electron chi connectivity index (χ1n) is 9.53. The van der Waals surface area contributed by atoms with Gasteiger partial charge in [0.15, 0.2) is 11.5 Å². The third-order valence-electron chi connectivity index (χ3n) is 4.99. The highest BCUT2D eigenvalue weighted by Gasteiger charge is 2.35. The van der Waals surface area contributed by atoms with E-state index in [0.29, 0.717) is 49.8 Å². The first kappa shape index (κ1) is 20.6.